The molecule has 1 amide bonds. The van der Waals surface area contributed by atoms with E-state index in [-0.39, 0.29) is 24.6 Å². The molecular formula is C22H25N3O5. The lowest BCUT2D eigenvalue weighted by Crippen LogP contribution is -2.49. The molecule has 0 spiro atoms. The zero-order chi connectivity index (χ0) is 21.7. The van der Waals surface area contributed by atoms with Crippen molar-refractivity contribution in [2.45, 2.75) is 20.3 Å². The van der Waals surface area contributed by atoms with Crippen LogP contribution in [0.3, 0.4) is 0 Å². The Labute approximate surface area is 175 Å². The summed E-state index contributed by atoms with van der Waals surface area (Å²) in [6.07, 6.45) is 1.11. The fourth-order valence-electron chi connectivity index (χ4n) is 3.54. The number of carbonyl (C=O) groups is 2. The summed E-state index contributed by atoms with van der Waals surface area (Å²) in [6, 6.07) is 10.3. The smallest absolute Gasteiger partial charge is 0.272 e. The van der Waals surface area contributed by atoms with Crippen molar-refractivity contribution in [3.8, 4) is 5.75 Å². The molecule has 0 unspecified atom stereocenters. The van der Waals surface area contributed by atoms with Crippen LogP contribution < -0.4 is 9.64 Å². The zero-order valence-corrected chi connectivity index (χ0v) is 17.2. The highest BCUT2D eigenvalue weighted by Crippen LogP contribution is 2.23. The largest absolute Gasteiger partial charge is 0.493 e. The van der Waals surface area contributed by atoms with E-state index >= 15 is 0 Å². The first-order valence-corrected chi connectivity index (χ1v) is 9.85. The minimum absolute atomic E-state index is 0.0285. The van der Waals surface area contributed by atoms with Gasteiger partial charge in [0.1, 0.15) is 12.0 Å². The second-order valence-corrected chi connectivity index (χ2v) is 7.33. The summed E-state index contributed by atoms with van der Waals surface area (Å²) in [4.78, 5) is 37.9. The number of piperazine rings is 1. The molecule has 0 bridgehead atoms. The molecule has 0 radical (unpaired) electrons. The van der Waals surface area contributed by atoms with Crippen LogP contribution in [0.4, 0.5) is 11.4 Å². The number of aldehydes is 1. The van der Waals surface area contributed by atoms with Crippen molar-refractivity contribution in [2.75, 3.05) is 37.7 Å². The number of nitro benzene ring substituents is 1. The van der Waals surface area contributed by atoms with Crippen LogP contribution >= 0.6 is 0 Å². The van der Waals surface area contributed by atoms with Crippen molar-refractivity contribution < 1.29 is 19.2 Å². The van der Waals surface area contributed by atoms with Crippen LogP contribution in [0, 0.1) is 24.0 Å². The number of aryl methyl sites for hydroxylation is 2. The predicted molar refractivity (Wildman–Crippen MR) is 113 cm³/mol. The number of amides is 1. The van der Waals surface area contributed by atoms with Gasteiger partial charge in [-0.3, -0.25) is 19.7 Å². The molecule has 0 saturated carbocycles. The quantitative estimate of drug-likeness (QED) is 0.395. The Kier molecular flexibility index (Phi) is 6.66. The molecule has 2 aromatic carbocycles. The summed E-state index contributed by atoms with van der Waals surface area (Å²) < 4.78 is 5.60. The highest BCUT2D eigenvalue weighted by atomic mass is 16.6. The van der Waals surface area contributed by atoms with Crippen LogP contribution in [0.5, 0.6) is 5.75 Å². The minimum Gasteiger partial charge on any atom is -0.493 e. The van der Waals surface area contributed by atoms with Crippen LogP contribution in [0.25, 0.3) is 0 Å². The van der Waals surface area contributed by atoms with E-state index in [2.05, 4.69) is 4.90 Å². The molecule has 0 N–H and O–H groups in total. The molecule has 2 aromatic rings. The maximum absolute atomic E-state index is 12.5. The van der Waals surface area contributed by atoms with Gasteiger partial charge in [0, 0.05) is 49.1 Å². The number of nitro groups is 1. The third-order valence-corrected chi connectivity index (χ3v) is 5.33. The number of hydrogen-bond donors (Lipinski definition) is 0. The summed E-state index contributed by atoms with van der Waals surface area (Å²) in [5, 5.41) is 10.9. The summed E-state index contributed by atoms with van der Waals surface area (Å²) in [7, 11) is 0. The van der Waals surface area contributed by atoms with Crippen LogP contribution in [0.2, 0.25) is 0 Å². The molecule has 1 fully saturated rings. The maximum Gasteiger partial charge on any atom is 0.272 e. The van der Waals surface area contributed by atoms with Gasteiger partial charge in [-0.1, -0.05) is 0 Å². The Morgan fingerprint density at radius 2 is 1.83 bits per heavy atom. The fourth-order valence-corrected chi connectivity index (χ4v) is 3.54. The Balaban J connectivity index is 1.46. The third-order valence-electron chi connectivity index (χ3n) is 5.33. The molecule has 3 rings (SSSR count). The van der Waals surface area contributed by atoms with Crippen molar-refractivity contribution >= 4 is 23.6 Å². The number of carbonyl (C=O) groups excluding carboxylic acids is 2. The lowest BCUT2D eigenvalue weighted by Gasteiger charge is -2.36. The van der Waals surface area contributed by atoms with Gasteiger partial charge in [0.05, 0.1) is 18.0 Å². The first kappa shape index (κ1) is 21.3. The van der Waals surface area contributed by atoms with Crippen LogP contribution in [-0.2, 0) is 4.79 Å². The van der Waals surface area contributed by atoms with Gasteiger partial charge in [0.15, 0.2) is 0 Å². The zero-order valence-electron chi connectivity index (χ0n) is 17.2. The Bertz CT molecular complexity index is 952. The van der Waals surface area contributed by atoms with E-state index in [0.717, 1.165) is 30.6 Å². The predicted octanol–water partition coefficient (Wildman–Crippen LogP) is 3.14. The monoisotopic (exact) mass is 411 g/mol. The molecule has 1 heterocycles. The number of rotatable bonds is 7. The highest BCUT2D eigenvalue weighted by Gasteiger charge is 2.21. The van der Waals surface area contributed by atoms with Gasteiger partial charge >= 0.3 is 0 Å². The normalized spacial score (nSPS) is 13.8. The average Bonchev–Trinajstić information content (AvgIpc) is 2.73. The third kappa shape index (κ3) is 4.94. The van der Waals surface area contributed by atoms with Gasteiger partial charge in [-0.2, -0.15) is 0 Å². The van der Waals surface area contributed by atoms with Crippen molar-refractivity contribution in [1.29, 1.82) is 0 Å². The van der Waals surface area contributed by atoms with Gasteiger partial charge in [0.2, 0.25) is 5.91 Å². The standard InChI is InChI=1S/C22H25N3O5/c1-16-13-19(4-3-18(16)15-26)23-8-10-24(11-9-23)22(27)7-12-30-20-5-6-21(25(28)29)17(2)14-20/h3-6,13-15H,7-12H2,1-2H3. The lowest BCUT2D eigenvalue weighted by atomic mass is 10.1. The van der Waals surface area contributed by atoms with Gasteiger partial charge < -0.3 is 14.5 Å². The van der Waals surface area contributed by atoms with Crippen molar-refractivity contribution in [3.63, 3.8) is 0 Å². The molecule has 0 atom stereocenters. The molecule has 8 heteroatoms. The Morgan fingerprint density at radius 3 is 2.43 bits per heavy atom. The van der Waals surface area contributed by atoms with E-state index in [1.807, 2.05) is 30.0 Å². The van der Waals surface area contributed by atoms with Crippen molar-refractivity contribution in [1.82, 2.24) is 4.90 Å². The fraction of sp³-hybridized carbons (Fsp3) is 0.364. The second-order valence-electron chi connectivity index (χ2n) is 7.33. The molecule has 0 aromatic heterocycles. The molecule has 8 nitrogen and oxygen atoms in total. The Hall–Kier alpha value is -3.42. The van der Waals surface area contributed by atoms with Crippen molar-refractivity contribution in [2.24, 2.45) is 0 Å². The summed E-state index contributed by atoms with van der Waals surface area (Å²) in [6.45, 7) is 6.52. The van der Waals surface area contributed by atoms with Crippen LogP contribution in [0.1, 0.15) is 27.9 Å². The van der Waals surface area contributed by atoms with Gasteiger partial charge in [-0.15, -0.1) is 0 Å². The van der Waals surface area contributed by atoms with E-state index in [1.54, 1.807) is 19.1 Å². The van der Waals surface area contributed by atoms with Crippen LogP contribution in [-0.4, -0.2) is 54.8 Å². The first-order valence-electron chi connectivity index (χ1n) is 9.85. The number of benzene rings is 2. The molecule has 1 saturated heterocycles. The second kappa shape index (κ2) is 9.39. The molecule has 1 aliphatic heterocycles. The number of ether oxygens (including phenoxy) is 1. The summed E-state index contributed by atoms with van der Waals surface area (Å²) in [5.41, 5.74) is 3.26. The number of nitrogens with zero attached hydrogens (tertiary/aromatic N) is 3. The highest BCUT2D eigenvalue weighted by molar-refractivity contribution is 5.79. The van der Waals surface area contributed by atoms with E-state index in [9.17, 15) is 19.7 Å². The topological polar surface area (TPSA) is 93.0 Å². The van der Waals surface area contributed by atoms with E-state index in [1.165, 1.54) is 6.07 Å². The average molecular weight is 411 g/mol. The number of hydrogen-bond acceptors (Lipinski definition) is 6. The van der Waals surface area contributed by atoms with E-state index in [4.69, 9.17) is 4.74 Å². The first-order chi connectivity index (χ1) is 14.4. The van der Waals surface area contributed by atoms with Gasteiger partial charge in [-0.25, -0.2) is 0 Å². The maximum atomic E-state index is 12.5. The molecular weight excluding hydrogens is 386 g/mol. The summed E-state index contributed by atoms with van der Waals surface area (Å²) >= 11 is 0. The molecule has 0 aliphatic carbocycles. The minimum atomic E-state index is -0.430. The molecule has 30 heavy (non-hydrogen) atoms. The van der Waals surface area contributed by atoms with Gasteiger partial charge in [-0.05, 0) is 49.7 Å². The van der Waals surface area contributed by atoms with Gasteiger partial charge in [0.25, 0.3) is 5.69 Å². The van der Waals surface area contributed by atoms with Crippen molar-refractivity contribution in [3.05, 3.63) is 63.2 Å². The molecule has 158 valence electrons. The lowest BCUT2D eigenvalue weighted by molar-refractivity contribution is -0.385. The summed E-state index contributed by atoms with van der Waals surface area (Å²) in [5.74, 6) is 0.547. The van der Waals surface area contributed by atoms with E-state index in [0.29, 0.717) is 30.0 Å². The van der Waals surface area contributed by atoms with Crippen LogP contribution in [0.15, 0.2) is 36.4 Å². The SMILES string of the molecule is Cc1cc(N2CCN(C(=O)CCOc3ccc([N+](=O)[O-])c(C)c3)CC2)ccc1C=O. The Morgan fingerprint density at radius 1 is 1.10 bits per heavy atom. The molecule has 1 aliphatic rings. The van der Waals surface area contributed by atoms with E-state index < -0.39 is 4.92 Å². The number of anilines is 1.